The lowest BCUT2D eigenvalue weighted by atomic mass is 10.1. The highest BCUT2D eigenvalue weighted by Gasteiger charge is 2.20. The fourth-order valence-corrected chi connectivity index (χ4v) is 4.16. The van der Waals surface area contributed by atoms with Crippen LogP contribution in [0.1, 0.15) is 29.4 Å². The molecule has 1 aromatic heterocycles. The van der Waals surface area contributed by atoms with Gasteiger partial charge in [0.25, 0.3) is 5.91 Å². The highest BCUT2D eigenvalue weighted by molar-refractivity contribution is 7.90. The quantitative estimate of drug-likeness (QED) is 0.436. The van der Waals surface area contributed by atoms with Crippen LogP contribution < -0.4 is 4.74 Å². The van der Waals surface area contributed by atoms with Crippen molar-refractivity contribution in [1.29, 1.82) is 0 Å². The summed E-state index contributed by atoms with van der Waals surface area (Å²) in [6, 6.07) is 13.7. The molecule has 0 bridgehead atoms. The summed E-state index contributed by atoms with van der Waals surface area (Å²) in [5.41, 5.74) is 2.18. The average molecular weight is 476 g/mol. The van der Waals surface area contributed by atoms with E-state index < -0.39 is 9.84 Å². The van der Waals surface area contributed by atoms with Crippen LogP contribution in [0, 0.1) is 0 Å². The summed E-state index contributed by atoms with van der Waals surface area (Å²) < 4.78 is 30.7. The standard InChI is InChI=1S/C23H26ClN3O4S/c1-4-22-21(16-25-27(22)18-9-5-8-17(24)14-18)23(28)26(2)12-7-13-31-19-10-6-11-20(15-19)32(3,29)30/h5-6,8-11,14-16H,4,7,12-13H2,1-3H3. The Morgan fingerprint density at radius 2 is 1.94 bits per heavy atom. The molecule has 3 aromatic rings. The molecule has 0 spiro atoms. The second kappa shape index (κ2) is 10.2. The van der Waals surface area contributed by atoms with Crippen molar-refractivity contribution in [2.75, 3.05) is 26.5 Å². The Morgan fingerprint density at radius 3 is 2.62 bits per heavy atom. The van der Waals surface area contributed by atoms with E-state index in [4.69, 9.17) is 16.3 Å². The molecule has 9 heteroatoms. The number of carbonyl (C=O) groups is 1. The molecule has 2 aromatic carbocycles. The van der Waals surface area contributed by atoms with Crippen molar-refractivity contribution >= 4 is 27.3 Å². The summed E-state index contributed by atoms with van der Waals surface area (Å²) >= 11 is 6.10. The van der Waals surface area contributed by atoms with E-state index in [1.807, 2.05) is 25.1 Å². The van der Waals surface area contributed by atoms with E-state index in [1.165, 1.54) is 12.1 Å². The monoisotopic (exact) mass is 475 g/mol. The van der Waals surface area contributed by atoms with E-state index in [9.17, 15) is 13.2 Å². The van der Waals surface area contributed by atoms with Crippen molar-refractivity contribution in [3.05, 3.63) is 71.0 Å². The molecule has 0 aliphatic carbocycles. The second-order valence-electron chi connectivity index (χ2n) is 7.43. The zero-order valence-electron chi connectivity index (χ0n) is 18.3. The normalized spacial score (nSPS) is 11.4. The van der Waals surface area contributed by atoms with E-state index in [0.717, 1.165) is 17.6 Å². The zero-order chi connectivity index (χ0) is 23.3. The van der Waals surface area contributed by atoms with Gasteiger partial charge in [-0.2, -0.15) is 5.10 Å². The molecule has 1 amide bonds. The van der Waals surface area contributed by atoms with E-state index in [2.05, 4.69) is 5.10 Å². The van der Waals surface area contributed by atoms with Gasteiger partial charge in [-0.25, -0.2) is 13.1 Å². The summed E-state index contributed by atoms with van der Waals surface area (Å²) in [7, 11) is -1.55. The number of hydrogen-bond donors (Lipinski definition) is 0. The maximum absolute atomic E-state index is 13.0. The number of ether oxygens (including phenoxy) is 1. The molecule has 1 heterocycles. The number of amides is 1. The van der Waals surface area contributed by atoms with Gasteiger partial charge in [0.2, 0.25) is 0 Å². The Kier molecular flexibility index (Phi) is 7.58. The van der Waals surface area contributed by atoms with Crippen LogP contribution in [-0.2, 0) is 16.3 Å². The van der Waals surface area contributed by atoms with Gasteiger partial charge < -0.3 is 9.64 Å². The maximum atomic E-state index is 13.0. The summed E-state index contributed by atoms with van der Waals surface area (Å²) in [6.45, 7) is 2.82. The fourth-order valence-electron chi connectivity index (χ4n) is 3.32. The van der Waals surface area contributed by atoms with Gasteiger partial charge in [-0.05, 0) is 49.2 Å². The molecule has 3 rings (SSSR count). The van der Waals surface area contributed by atoms with Crippen molar-refractivity contribution in [1.82, 2.24) is 14.7 Å². The predicted molar refractivity (Wildman–Crippen MR) is 125 cm³/mol. The molecule has 170 valence electrons. The Labute approximate surface area is 193 Å². The molecule has 0 saturated heterocycles. The van der Waals surface area contributed by atoms with Crippen LogP contribution in [0.3, 0.4) is 0 Å². The SMILES string of the molecule is CCc1c(C(=O)N(C)CCCOc2cccc(S(C)(=O)=O)c2)cnn1-c1cccc(Cl)c1. The largest absolute Gasteiger partial charge is 0.493 e. The van der Waals surface area contributed by atoms with Crippen LogP contribution in [0.5, 0.6) is 5.75 Å². The van der Waals surface area contributed by atoms with Gasteiger partial charge in [0.15, 0.2) is 9.84 Å². The molecule has 0 saturated carbocycles. The summed E-state index contributed by atoms with van der Waals surface area (Å²) in [6.07, 6.45) is 3.98. The van der Waals surface area contributed by atoms with Gasteiger partial charge in [-0.15, -0.1) is 0 Å². The molecule has 0 N–H and O–H groups in total. The number of aromatic nitrogens is 2. The minimum atomic E-state index is -3.29. The first-order chi connectivity index (χ1) is 15.2. The Bertz CT molecular complexity index is 1210. The summed E-state index contributed by atoms with van der Waals surface area (Å²) in [5, 5.41) is 5.01. The van der Waals surface area contributed by atoms with Crippen LogP contribution in [0.15, 0.2) is 59.6 Å². The Morgan fingerprint density at radius 1 is 1.19 bits per heavy atom. The minimum Gasteiger partial charge on any atom is -0.493 e. The number of benzene rings is 2. The van der Waals surface area contributed by atoms with Crippen LogP contribution in [0.4, 0.5) is 0 Å². The first kappa shape index (κ1) is 23.8. The first-order valence-corrected chi connectivity index (χ1v) is 12.5. The Hall–Kier alpha value is -2.84. The van der Waals surface area contributed by atoms with E-state index in [0.29, 0.717) is 42.3 Å². The zero-order valence-corrected chi connectivity index (χ0v) is 19.9. The number of sulfone groups is 1. The molecule has 0 fully saturated rings. The number of hydrogen-bond acceptors (Lipinski definition) is 5. The van der Waals surface area contributed by atoms with Crippen molar-refractivity contribution in [3.8, 4) is 11.4 Å². The van der Waals surface area contributed by atoms with Gasteiger partial charge >= 0.3 is 0 Å². The number of nitrogens with zero attached hydrogens (tertiary/aromatic N) is 3. The highest BCUT2D eigenvalue weighted by Crippen LogP contribution is 2.20. The maximum Gasteiger partial charge on any atom is 0.257 e. The fraction of sp³-hybridized carbons (Fsp3) is 0.304. The number of rotatable bonds is 9. The van der Waals surface area contributed by atoms with Gasteiger partial charge in [0.1, 0.15) is 5.75 Å². The third-order valence-electron chi connectivity index (χ3n) is 4.97. The van der Waals surface area contributed by atoms with E-state index in [-0.39, 0.29) is 10.8 Å². The third kappa shape index (κ3) is 5.69. The molecule has 32 heavy (non-hydrogen) atoms. The molecule has 0 radical (unpaired) electrons. The third-order valence-corrected chi connectivity index (χ3v) is 6.32. The van der Waals surface area contributed by atoms with Crippen LogP contribution >= 0.6 is 11.6 Å². The van der Waals surface area contributed by atoms with Crippen LogP contribution in [0.25, 0.3) is 5.69 Å². The van der Waals surface area contributed by atoms with Crippen molar-refractivity contribution in [3.63, 3.8) is 0 Å². The van der Waals surface area contributed by atoms with Crippen molar-refractivity contribution < 1.29 is 17.9 Å². The second-order valence-corrected chi connectivity index (χ2v) is 9.88. The summed E-state index contributed by atoms with van der Waals surface area (Å²) in [5.74, 6) is 0.368. The highest BCUT2D eigenvalue weighted by atomic mass is 35.5. The van der Waals surface area contributed by atoms with Crippen molar-refractivity contribution in [2.45, 2.75) is 24.7 Å². The molecular weight excluding hydrogens is 450 g/mol. The van der Waals surface area contributed by atoms with Crippen LogP contribution in [-0.4, -0.2) is 55.5 Å². The van der Waals surface area contributed by atoms with Gasteiger partial charge in [-0.1, -0.05) is 30.7 Å². The number of halogens is 1. The van der Waals surface area contributed by atoms with E-state index in [1.54, 1.807) is 41.0 Å². The predicted octanol–water partition coefficient (Wildman–Crippen LogP) is 4.03. The minimum absolute atomic E-state index is 0.116. The summed E-state index contributed by atoms with van der Waals surface area (Å²) in [4.78, 5) is 14.8. The topological polar surface area (TPSA) is 81.5 Å². The lowest BCUT2D eigenvalue weighted by Crippen LogP contribution is -2.29. The van der Waals surface area contributed by atoms with Gasteiger partial charge in [0.05, 0.1) is 34.6 Å². The molecule has 7 nitrogen and oxygen atoms in total. The molecule has 0 atom stereocenters. The van der Waals surface area contributed by atoms with Crippen LogP contribution in [0.2, 0.25) is 5.02 Å². The molecule has 0 aliphatic rings. The van der Waals surface area contributed by atoms with Gasteiger partial charge in [-0.3, -0.25) is 4.79 Å². The number of carbonyl (C=O) groups excluding carboxylic acids is 1. The van der Waals surface area contributed by atoms with E-state index >= 15 is 0 Å². The molecular formula is C23H26ClN3O4S. The van der Waals surface area contributed by atoms with Gasteiger partial charge in [0, 0.05) is 24.9 Å². The molecule has 0 unspecified atom stereocenters. The van der Waals surface area contributed by atoms with Crippen molar-refractivity contribution in [2.24, 2.45) is 0 Å². The average Bonchev–Trinajstić information content (AvgIpc) is 3.19. The lowest BCUT2D eigenvalue weighted by molar-refractivity contribution is 0.0786. The Balaban J connectivity index is 1.61. The lowest BCUT2D eigenvalue weighted by Gasteiger charge is -2.18. The molecule has 0 aliphatic heterocycles. The first-order valence-electron chi connectivity index (χ1n) is 10.2. The smallest absolute Gasteiger partial charge is 0.257 e.